The monoisotopic (exact) mass is 296 g/mol. The maximum absolute atomic E-state index is 12.0. The van der Waals surface area contributed by atoms with Crippen LogP contribution in [-0.2, 0) is 0 Å². The summed E-state index contributed by atoms with van der Waals surface area (Å²) in [6.07, 6.45) is 0. The zero-order valence-corrected chi connectivity index (χ0v) is 11.4. The van der Waals surface area contributed by atoms with E-state index in [1.165, 1.54) is 12.1 Å². The average molecular weight is 296 g/mol. The van der Waals surface area contributed by atoms with E-state index in [1.807, 2.05) is 30.3 Å². The maximum atomic E-state index is 12.0. The molecule has 0 saturated heterocycles. The first kappa shape index (κ1) is 13.8. The molecule has 0 aliphatic heterocycles. The Kier molecular flexibility index (Phi) is 3.32. The fourth-order valence-electron chi connectivity index (χ4n) is 2.45. The summed E-state index contributed by atoms with van der Waals surface area (Å²) >= 11 is 0. The van der Waals surface area contributed by atoms with E-state index in [1.54, 1.807) is 6.07 Å². The predicted molar refractivity (Wildman–Crippen MR) is 82.0 cm³/mol. The van der Waals surface area contributed by atoms with Crippen LogP contribution < -0.4 is 11.3 Å². The molecule has 1 amide bonds. The number of hydrogen-bond acceptors (Lipinski definition) is 4. The quantitative estimate of drug-likeness (QED) is 0.298. The Labute approximate surface area is 124 Å². The maximum Gasteiger partial charge on any atom is 0.282 e. The zero-order chi connectivity index (χ0) is 15.7. The number of nitrogens with two attached hydrogens (primary N) is 1. The molecule has 22 heavy (non-hydrogen) atoms. The van der Waals surface area contributed by atoms with E-state index in [2.05, 4.69) is 10.4 Å². The highest BCUT2D eigenvalue weighted by Crippen LogP contribution is 2.34. The lowest BCUT2D eigenvalue weighted by atomic mass is 10.0. The molecule has 3 aromatic rings. The molecule has 0 aliphatic carbocycles. The van der Waals surface area contributed by atoms with E-state index in [9.17, 15) is 14.9 Å². The number of rotatable bonds is 3. The average Bonchev–Trinajstić information content (AvgIpc) is 2.93. The summed E-state index contributed by atoms with van der Waals surface area (Å²) in [5.41, 5.74) is 4.29. The molecule has 7 nitrogen and oxygen atoms in total. The summed E-state index contributed by atoms with van der Waals surface area (Å²) in [5, 5.41) is 11.6. The number of hydrazine groups is 1. The van der Waals surface area contributed by atoms with Gasteiger partial charge in [-0.1, -0.05) is 30.3 Å². The van der Waals surface area contributed by atoms with Gasteiger partial charge in [-0.05, 0) is 11.6 Å². The van der Waals surface area contributed by atoms with Crippen molar-refractivity contribution in [2.24, 2.45) is 5.84 Å². The number of aromatic amines is 1. The molecule has 0 atom stereocenters. The molecule has 1 aromatic heterocycles. The smallest absolute Gasteiger partial charge is 0.282 e. The van der Waals surface area contributed by atoms with Crippen LogP contribution in [0.4, 0.5) is 5.69 Å². The highest BCUT2D eigenvalue weighted by Gasteiger charge is 2.20. The minimum absolute atomic E-state index is 0.0481. The van der Waals surface area contributed by atoms with Gasteiger partial charge in [-0.15, -0.1) is 0 Å². The number of carbonyl (C=O) groups is 1. The third-order valence-electron chi connectivity index (χ3n) is 3.41. The first-order valence-electron chi connectivity index (χ1n) is 6.48. The molecule has 0 bridgehead atoms. The van der Waals surface area contributed by atoms with Gasteiger partial charge in [0.2, 0.25) is 0 Å². The Morgan fingerprint density at radius 1 is 1.18 bits per heavy atom. The minimum atomic E-state index is -0.488. The number of non-ortho nitro benzene ring substituents is 1. The largest absolute Gasteiger partial charge is 0.350 e. The molecule has 110 valence electrons. The second-order valence-corrected chi connectivity index (χ2v) is 4.70. The number of nitro benzene ring substituents is 1. The summed E-state index contributed by atoms with van der Waals surface area (Å²) in [6, 6.07) is 13.7. The summed E-state index contributed by atoms with van der Waals surface area (Å²) in [4.78, 5) is 25.3. The predicted octanol–water partition coefficient (Wildman–Crippen LogP) is 2.35. The topological polar surface area (TPSA) is 114 Å². The molecule has 0 fully saturated rings. The van der Waals surface area contributed by atoms with Gasteiger partial charge in [0.25, 0.3) is 11.6 Å². The van der Waals surface area contributed by atoms with Crippen LogP contribution in [0.15, 0.2) is 48.5 Å². The Hall–Kier alpha value is -3.19. The molecule has 0 radical (unpaired) electrons. The van der Waals surface area contributed by atoms with Gasteiger partial charge in [0.15, 0.2) is 0 Å². The number of carbonyl (C=O) groups excluding carboxylic acids is 1. The fourth-order valence-corrected chi connectivity index (χ4v) is 2.45. The van der Waals surface area contributed by atoms with Crippen molar-refractivity contribution in [2.45, 2.75) is 0 Å². The molecule has 0 unspecified atom stereocenters. The first-order chi connectivity index (χ1) is 10.6. The number of H-pyrrole nitrogens is 1. The number of nitro groups is 1. The summed E-state index contributed by atoms with van der Waals surface area (Å²) in [7, 11) is 0. The number of benzene rings is 2. The molecule has 2 aromatic carbocycles. The van der Waals surface area contributed by atoms with Crippen LogP contribution in [0.1, 0.15) is 10.5 Å². The fraction of sp³-hybridized carbons (Fsp3) is 0. The van der Waals surface area contributed by atoms with Crippen molar-refractivity contribution in [3.63, 3.8) is 0 Å². The van der Waals surface area contributed by atoms with Crippen molar-refractivity contribution >= 4 is 22.5 Å². The SMILES string of the molecule is NNC(=O)c1[nH]c2cc([N+](=O)[O-])ccc2c1-c1ccccc1. The van der Waals surface area contributed by atoms with Gasteiger partial charge < -0.3 is 4.98 Å². The number of nitrogens with zero attached hydrogens (tertiary/aromatic N) is 1. The highest BCUT2D eigenvalue weighted by atomic mass is 16.6. The minimum Gasteiger partial charge on any atom is -0.350 e. The lowest BCUT2D eigenvalue weighted by Gasteiger charge is -2.03. The van der Waals surface area contributed by atoms with E-state index in [4.69, 9.17) is 5.84 Å². The van der Waals surface area contributed by atoms with Crippen LogP contribution >= 0.6 is 0 Å². The van der Waals surface area contributed by atoms with E-state index in [0.29, 0.717) is 11.1 Å². The molecule has 1 heterocycles. The Morgan fingerprint density at radius 3 is 2.55 bits per heavy atom. The third kappa shape index (κ3) is 2.19. The molecule has 4 N–H and O–H groups in total. The molecular formula is C15H12N4O3. The lowest BCUT2D eigenvalue weighted by Crippen LogP contribution is -2.30. The molecular weight excluding hydrogens is 284 g/mol. The highest BCUT2D eigenvalue weighted by molar-refractivity contribution is 6.09. The molecule has 0 aliphatic rings. The zero-order valence-electron chi connectivity index (χ0n) is 11.4. The van der Waals surface area contributed by atoms with Gasteiger partial charge in [0.1, 0.15) is 5.69 Å². The van der Waals surface area contributed by atoms with Crippen LogP contribution in [0, 0.1) is 10.1 Å². The molecule has 3 rings (SSSR count). The van der Waals surface area contributed by atoms with Gasteiger partial charge in [0, 0.05) is 23.1 Å². The van der Waals surface area contributed by atoms with E-state index < -0.39 is 10.8 Å². The van der Waals surface area contributed by atoms with Gasteiger partial charge in [-0.25, -0.2) is 5.84 Å². The first-order valence-corrected chi connectivity index (χ1v) is 6.48. The number of fused-ring (bicyclic) bond motifs is 1. The van der Waals surface area contributed by atoms with Crippen molar-refractivity contribution in [2.75, 3.05) is 0 Å². The summed E-state index contributed by atoms with van der Waals surface area (Å²) in [5.74, 6) is 4.73. The second kappa shape index (κ2) is 5.30. The Bertz CT molecular complexity index is 871. The number of hydrogen-bond donors (Lipinski definition) is 3. The normalized spacial score (nSPS) is 10.6. The standard InChI is InChI=1S/C15H12N4O3/c16-18-15(20)14-13(9-4-2-1-3-5-9)11-7-6-10(19(21)22)8-12(11)17-14/h1-8,17H,16H2,(H,18,20). The van der Waals surface area contributed by atoms with E-state index >= 15 is 0 Å². The van der Waals surface area contributed by atoms with E-state index in [-0.39, 0.29) is 11.4 Å². The summed E-state index contributed by atoms with van der Waals surface area (Å²) < 4.78 is 0. The van der Waals surface area contributed by atoms with Gasteiger partial charge in [-0.2, -0.15) is 0 Å². The van der Waals surface area contributed by atoms with Gasteiger partial charge >= 0.3 is 0 Å². The van der Waals surface area contributed by atoms with Crippen molar-refractivity contribution in [3.8, 4) is 11.1 Å². The molecule has 7 heteroatoms. The molecule has 0 saturated carbocycles. The Morgan fingerprint density at radius 2 is 1.91 bits per heavy atom. The van der Waals surface area contributed by atoms with Crippen LogP contribution in [-0.4, -0.2) is 15.8 Å². The van der Waals surface area contributed by atoms with Crippen molar-refractivity contribution in [3.05, 3.63) is 64.3 Å². The second-order valence-electron chi connectivity index (χ2n) is 4.70. The Balaban J connectivity index is 2.32. The number of nitrogens with one attached hydrogen (secondary N) is 2. The number of aromatic nitrogens is 1. The van der Waals surface area contributed by atoms with Crippen molar-refractivity contribution < 1.29 is 9.72 Å². The number of amides is 1. The van der Waals surface area contributed by atoms with Gasteiger partial charge in [-0.3, -0.25) is 20.3 Å². The lowest BCUT2D eigenvalue weighted by molar-refractivity contribution is -0.384. The van der Waals surface area contributed by atoms with Gasteiger partial charge in [0.05, 0.1) is 10.4 Å². The van der Waals surface area contributed by atoms with E-state index in [0.717, 1.165) is 10.9 Å². The molecule has 0 spiro atoms. The van der Waals surface area contributed by atoms with Crippen LogP contribution in [0.5, 0.6) is 0 Å². The van der Waals surface area contributed by atoms with Crippen LogP contribution in [0.3, 0.4) is 0 Å². The third-order valence-corrected chi connectivity index (χ3v) is 3.41. The summed E-state index contributed by atoms with van der Waals surface area (Å²) in [6.45, 7) is 0. The van der Waals surface area contributed by atoms with Crippen molar-refractivity contribution in [1.29, 1.82) is 0 Å². The van der Waals surface area contributed by atoms with Crippen molar-refractivity contribution in [1.82, 2.24) is 10.4 Å². The van der Waals surface area contributed by atoms with Crippen LogP contribution in [0.25, 0.3) is 22.0 Å². The van der Waals surface area contributed by atoms with Crippen LogP contribution in [0.2, 0.25) is 0 Å². The number of nitrogen functional groups attached to an aromatic ring is 1.